The number of nitrogens with one attached hydrogen (secondary N) is 1. The highest BCUT2D eigenvalue weighted by molar-refractivity contribution is 7.92. The molecular formula is C30H35Cl2N3O5S. The van der Waals surface area contributed by atoms with Gasteiger partial charge < -0.3 is 15.0 Å². The van der Waals surface area contributed by atoms with E-state index in [0.717, 1.165) is 16.1 Å². The molecule has 0 heterocycles. The number of nitrogens with zero attached hydrogens (tertiary/aromatic N) is 2. The molecule has 0 aliphatic rings. The van der Waals surface area contributed by atoms with E-state index in [-0.39, 0.29) is 30.6 Å². The van der Waals surface area contributed by atoms with E-state index in [1.807, 2.05) is 44.2 Å². The van der Waals surface area contributed by atoms with E-state index in [1.54, 1.807) is 42.5 Å². The van der Waals surface area contributed by atoms with Crippen LogP contribution in [0, 0.1) is 0 Å². The fourth-order valence-corrected chi connectivity index (χ4v) is 5.51. The number of hydrogen-bond acceptors (Lipinski definition) is 5. The maximum Gasteiger partial charge on any atom is 0.244 e. The molecule has 11 heteroatoms. The van der Waals surface area contributed by atoms with Crippen molar-refractivity contribution in [3.05, 3.63) is 94.0 Å². The van der Waals surface area contributed by atoms with Gasteiger partial charge in [-0.3, -0.25) is 13.9 Å². The van der Waals surface area contributed by atoms with Crippen LogP contribution in [-0.2, 0) is 32.6 Å². The molecule has 0 bridgehead atoms. The Hall–Kier alpha value is -3.27. The van der Waals surface area contributed by atoms with Crippen LogP contribution in [0.5, 0.6) is 5.75 Å². The minimum Gasteiger partial charge on any atom is -0.497 e. The topological polar surface area (TPSA) is 96.0 Å². The molecule has 0 spiro atoms. The van der Waals surface area contributed by atoms with Crippen molar-refractivity contribution >= 4 is 50.7 Å². The summed E-state index contributed by atoms with van der Waals surface area (Å²) in [5.74, 6) is -0.383. The standard InChI is InChI=1S/C30H35Cl2N3O5S/c1-5-21(2)33-30(37)28(17-22-9-7-6-8-10-22)34(19-23-11-12-24(31)18-27(23)32)29(36)20-35(41(4,38)39)25-13-15-26(40-3)16-14-25/h6-16,18,21,28H,5,17,19-20H2,1-4H3,(H,33,37)/t21-,28-/m1/s1. The van der Waals surface area contributed by atoms with Gasteiger partial charge in [0.05, 0.1) is 19.1 Å². The molecule has 0 saturated carbocycles. The van der Waals surface area contributed by atoms with Crippen molar-refractivity contribution in [1.29, 1.82) is 0 Å². The molecule has 41 heavy (non-hydrogen) atoms. The van der Waals surface area contributed by atoms with Crippen LogP contribution < -0.4 is 14.4 Å². The molecule has 2 amide bonds. The molecule has 0 fully saturated rings. The van der Waals surface area contributed by atoms with Crippen LogP contribution in [-0.4, -0.2) is 57.1 Å². The third-order valence-corrected chi connectivity index (χ3v) is 8.40. The Kier molecular flexibility index (Phi) is 11.5. The molecule has 3 rings (SSSR count). The van der Waals surface area contributed by atoms with Gasteiger partial charge in [-0.15, -0.1) is 0 Å². The second-order valence-electron chi connectivity index (χ2n) is 9.75. The number of sulfonamides is 1. The van der Waals surface area contributed by atoms with Crippen molar-refractivity contribution in [2.45, 2.75) is 45.3 Å². The van der Waals surface area contributed by atoms with Crippen LogP contribution >= 0.6 is 23.2 Å². The van der Waals surface area contributed by atoms with Gasteiger partial charge in [-0.25, -0.2) is 8.42 Å². The Morgan fingerprint density at radius 2 is 1.66 bits per heavy atom. The van der Waals surface area contributed by atoms with E-state index in [9.17, 15) is 18.0 Å². The zero-order chi connectivity index (χ0) is 30.2. The lowest BCUT2D eigenvalue weighted by molar-refractivity contribution is -0.140. The van der Waals surface area contributed by atoms with Crippen LogP contribution in [0.3, 0.4) is 0 Å². The Morgan fingerprint density at radius 3 is 2.22 bits per heavy atom. The Balaban J connectivity index is 2.08. The van der Waals surface area contributed by atoms with E-state index < -0.39 is 28.5 Å². The zero-order valence-electron chi connectivity index (χ0n) is 23.5. The minimum atomic E-state index is -3.88. The van der Waals surface area contributed by atoms with Gasteiger partial charge in [0.2, 0.25) is 21.8 Å². The molecule has 0 radical (unpaired) electrons. The normalized spacial score (nSPS) is 12.7. The lowest BCUT2D eigenvalue weighted by atomic mass is 10.0. The minimum absolute atomic E-state index is 0.0412. The van der Waals surface area contributed by atoms with Crippen LogP contribution in [0.2, 0.25) is 10.0 Å². The van der Waals surface area contributed by atoms with Crippen molar-refractivity contribution in [2.24, 2.45) is 0 Å². The predicted octanol–water partition coefficient (Wildman–Crippen LogP) is 5.32. The summed E-state index contributed by atoms with van der Waals surface area (Å²) in [6.07, 6.45) is 1.93. The van der Waals surface area contributed by atoms with E-state index in [2.05, 4.69) is 5.32 Å². The van der Waals surface area contributed by atoms with Crippen LogP contribution in [0.1, 0.15) is 31.4 Å². The maximum absolute atomic E-state index is 14.1. The number of ether oxygens (including phenoxy) is 1. The summed E-state index contributed by atoms with van der Waals surface area (Å²) >= 11 is 12.6. The van der Waals surface area contributed by atoms with Crippen LogP contribution in [0.15, 0.2) is 72.8 Å². The van der Waals surface area contributed by atoms with Gasteiger partial charge in [-0.05, 0) is 60.9 Å². The van der Waals surface area contributed by atoms with Crippen LogP contribution in [0.25, 0.3) is 0 Å². The first-order valence-corrected chi connectivity index (χ1v) is 15.7. The number of methoxy groups -OCH3 is 1. The van der Waals surface area contributed by atoms with Crippen molar-refractivity contribution < 1.29 is 22.7 Å². The largest absolute Gasteiger partial charge is 0.497 e. The zero-order valence-corrected chi connectivity index (χ0v) is 25.8. The molecule has 0 aliphatic heterocycles. The van der Waals surface area contributed by atoms with Crippen LogP contribution in [0.4, 0.5) is 5.69 Å². The van der Waals surface area contributed by atoms with Gasteiger partial charge in [-0.2, -0.15) is 0 Å². The molecule has 3 aromatic carbocycles. The van der Waals surface area contributed by atoms with Gasteiger partial charge in [0.1, 0.15) is 18.3 Å². The number of benzene rings is 3. The molecule has 0 aliphatic carbocycles. The number of carbonyl (C=O) groups excluding carboxylic acids is 2. The number of amides is 2. The average Bonchev–Trinajstić information content (AvgIpc) is 2.94. The van der Waals surface area contributed by atoms with E-state index in [1.165, 1.54) is 12.0 Å². The third kappa shape index (κ3) is 9.11. The average molecular weight is 621 g/mol. The van der Waals surface area contributed by atoms with Crippen molar-refractivity contribution in [3.63, 3.8) is 0 Å². The number of halogens is 2. The van der Waals surface area contributed by atoms with Crippen molar-refractivity contribution in [2.75, 3.05) is 24.2 Å². The fourth-order valence-electron chi connectivity index (χ4n) is 4.19. The van der Waals surface area contributed by atoms with Gasteiger partial charge in [-0.1, -0.05) is 66.5 Å². The number of carbonyl (C=O) groups is 2. The van der Waals surface area contributed by atoms with E-state index in [4.69, 9.17) is 27.9 Å². The molecule has 2 atom stereocenters. The summed E-state index contributed by atoms with van der Waals surface area (Å²) in [4.78, 5) is 29.2. The molecule has 0 saturated heterocycles. The summed E-state index contributed by atoms with van der Waals surface area (Å²) < 4.78 is 32.0. The first-order chi connectivity index (χ1) is 19.4. The summed E-state index contributed by atoms with van der Waals surface area (Å²) in [6.45, 7) is 3.26. The molecule has 3 aromatic rings. The molecule has 0 aromatic heterocycles. The second-order valence-corrected chi connectivity index (χ2v) is 12.5. The highest BCUT2D eigenvalue weighted by Crippen LogP contribution is 2.26. The first-order valence-electron chi connectivity index (χ1n) is 13.1. The summed E-state index contributed by atoms with van der Waals surface area (Å²) in [7, 11) is -2.38. The molecular weight excluding hydrogens is 585 g/mol. The Bertz CT molecular complexity index is 1440. The van der Waals surface area contributed by atoms with Crippen molar-refractivity contribution in [3.8, 4) is 5.75 Å². The SMILES string of the molecule is CC[C@@H](C)NC(=O)[C@@H](Cc1ccccc1)N(Cc1ccc(Cl)cc1Cl)C(=O)CN(c1ccc(OC)cc1)S(C)(=O)=O. The van der Waals surface area contributed by atoms with Crippen molar-refractivity contribution in [1.82, 2.24) is 10.2 Å². The summed E-state index contributed by atoms with van der Waals surface area (Å²) in [5.41, 5.74) is 1.69. The monoisotopic (exact) mass is 619 g/mol. The molecule has 8 nitrogen and oxygen atoms in total. The lowest BCUT2D eigenvalue weighted by Crippen LogP contribution is -2.54. The predicted molar refractivity (Wildman–Crippen MR) is 164 cm³/mol. The summed E-state index contributed by atoms with van der Waals surface area (Å²) in [6, 6.07) is 19.5. The fraction of sp³-hybridized carbons (Fsp3) is 0.333. The lowest BCUT2D eigenvalue weighted by Gasteiger charge is -2.34. The van der Waals surface area contributed by atoms with Gasteiger partial charge in [0.25, 0.3) is 0 Å². The second kappa shape index (κ2) is 14.6. The number of rotatable bonds is 13. The van der Waals surface area contributed by atoms with E-state index in [0.29, 0.717) is 27.8 Å². The quantitative estimate of drug-likeness (QED) is 0.279. The summed E-state index contributed by atoms with van der Waals surface area (Å²) in [5, 5.41) is 3.74. The molecule has 0 unspecified atom stereocenters. The molecule has 1 N–H and O–H groups in total. The maximum atomic E-state index is 14.1. The highest BCUT2D eigenvalue weighted by atomic mass is 35.5. The number of anilines is 1. The Labute approximate surface area is 252 Å². The van der Waals surface area contributed by atoms with Gasteiger partial charge in [0.15, 0.2) is 0 Å². The first kappa shape index (κ1) is 32.2. The third-order valence-electron chi connectivity index (χ3n) is 6.67. The highest BCUT2D eigenvalue weighted by Gasteiger charge is 2.33. The van der Waals surface area contributed by atoms with Gasteiger partial charge in [0, 0.05) is 29.1 Å². The Morgan fingerprint density at radius 1 is 1.00 bits per heavy atom. The molecule has 220 valence electrons. The smallest absolute Gasteiger partial charge is 0.244 e. The van der Waals surface area contributed by atoms with E-state index >= 15 is 0 Å². The van der Waals surface area contributed by atoms with Gasteiger partial charge >= 0.3 is 0 Å². The number of hydrogen-bond donors (Lipinski definition) is 1.